The highest BCUT2D eigenvalue weighted by Gasteiger charge is 2.35. The number of nitrogens with zero attached hydrogens (tertiary/aromatic N) is 1. The van der Waals surface area contributed by atoms with Crippen molar-refractivity contribution >= 4 is 5.69 Å². The standard InChI is InChI=1S/C15H24N3/c16-18(12-9-14-6-3-4-10-17-14)11-8-13-5-1-2-7-15(13)18/h1-2,5,7,14,17H,3-4,6,8-12,16H2/q+1. The van der Waals surface area contributed by atoms with E-state index in [1.165, 1.54) is 43.5 Å². The number of hydrogen-bond acceptors (Lipinski definition) is 2. The number of nitrogens with two attached hydrogens (primary N) is 1. The molecule has 2 aliphatic rings. The van der Waals surface area contributed by atoms with Gasteiger partial charge >= 0.3 is 0 Å². The maximum Gasteiger partial charge on any atom is 0.155 e. The molecule has 2 aliphatic heterocycles. The van der Waals surface area contributed by atoms with Gasteiger partial charge in [0.25, 0.3) is 0 Å². The summed E-state index contributed by atoms with van der Waals surface area (Å²) in [4.78, 5) is 0. The summed E-state index contributed by atoms with van der Waals surface area (Å²) in [5.41, 5.74) is 2.78. The van der Waals surface area contributed by atoms with E-state index in [0.717, 1.165) is 19.5 Å². The van der Waals surface area contributed by atoms with Crippen LogP contribution in [0.3, 0.4) is 0 Å². The van der Waals surface area contributed by atoms with E-state index in [1.54, 1.807) is 0 Å². The van der Waals surface area contributed by atoms with Crippen LogP contribution in [0.15, 0.2) is 24.3 Å². The highest BCUT2D eigenvalue weighted by Crippen LogP contribution is 2.31. The number of para-hydroxylation sites is 1. The predicted molar refractivity (Wildman–Crippen MR) is 76.1 cm³/mol. The molecule has 1 aromatic carbocycles. The highest BCUT2D eigenvalue weighted by molar-refractivity contribution is 5.53. The Morgan fingerprint density at radius 2 is 2.17 bits per heavy atom. The van der Waals surface area contributed by atoms with E-state index in [0.29, 0.717) is 10.6 Å². The van der Waals surface area contributed by atoms with E-state index < -0.39 is 0 Å². The van der Waals surface area contributed by atoms with Crippen molar-refractivity contribution in [1.82, 2.24) is 9.91 Å². The van der Waals surface area contributed by atoms with E-state index >= 15 is 0 Å². The quantitative estimate of drug-likeness (QED) is 0.632. The fourth-order valence-corrected chi connectivity index (χ4v) is 3.39. The first-order chi connectivity index (χ1) is 8.78. The Hall–Kier alpha value is -0.900. The van der Waals surface area contributed by atoms with Gasteiger partial charge in [-0.15, -0.1) is 0 Å². The molecule has 1 aromatic rings. The van der Waals surface area contributed by atoms with E-state index in [-0.39, 0.29) is 0 Å². The number of benzene rings is 1. The molecule has 2 unspecified atom stereocenters. The average Bonchev–Trinajstić information content (AvgIpc) is 2.77. The van der Waals surface area contributed by atoms with Crippen molar-refractivity contribution in [3.8, 4) is 0 Å². The number of nitrogens with one attached hydrogen (secondary N) is 1. The molecule has 3 N–H and O–H groups in total. The fourth-order valence-electron chi connectivity index (χ4n) is 3.39. The minimum atomic E-state index is 0.647. The zero-order valence-corrected chi connectivity index (χ0v) is 11.1. The van der Waals surface area contributed by atoms with E-state index in [1.807, 2.05) is 0 Å². The lowest BCUT2D eigenvalue weighted by atomic mass is 10.0. The van der Waals surface area contributed by atoms with Crippen molar-refractivity contribution in [2.24, 2.45) is 5.84 Å². The molecule has 0 saturated carbocycles. The molecule has 1 fully saturated rings. The van der Waals surface area contributed by atoms with Crippen LogP contribution >= 0.6 is 0 Å². The molecule has 1 saturated heterocycles. The number of piperidine rings is 1. The van der Waals surface area contributed by atoms with Gasteiger partial charge in [-0.3, -0.25) is 0 Å². The van der Waals surface area contributed by atoms with Crippen LogP contribution in [0, 0.1) is 0 Å². The van der Waals surface area contributed by atoms with Gasteiger partial charge in [-0.2, -0.15) is 5.84 Å². The number of fused-ring (bicyclic) bond motifs is 1. The molecule has 3 rings (SSSR count). The normalized spacial score (nSPS) is 31.3. The summed E-state index contributed by atoms with van der Waals surface area (Å²) in [6, 6.07) is 9.35. The average molecular weight is 246 g/mol. The summed E-state index contributed by atoms with van der Waals surface area (Å²) >= 11 is 0. The summed E-state index contributed by atoms with van der Waals surface area (Å²) in [6.45, 7) is 3.31. The van der Waals surface area contributed by atoms with Crippen molar-refractivity contribution in [2.75, 3.05) is 19.6 Å². The third-order valence-corrected chi connectivity index (χ3v) is 4.54. The van der Waals surface area contributed by atoms with Gasteiger partial charge in [-0.1, -0.05) is 24.6 Å². The van der Waals surface area contributed by atoms with Gasteiger partial charge in [0.15, 0.2) is 5.69 Å². The van der Waals surface area contributed by atoms with Crippen molar-refractivity contribution in [3.63, 3.8) is 0 Å². The molecular weight excluding hydrogens is 222 g/mol. The minimum absolute atomic E-state index is 0.647. The fraction of sp³-hybridized carbons (Fsp3) is 0.600. The predicted octanol–water partition coefficient (Wildman–Crippen LogP) is 1.96. The van der Waals surface area contributed by atoms with Crippen LogP contribution in [0.1, 0.15) is 31.2 Å². The first-order valence-electron chi connectivity index (χ1n) is 7.25. The zero-order valence-electron chi connectivity index (χ0n) is 11.1. The summed E-state index contributed by atoms with van der Waals surface area (Å²) in [5, 5.41) is 3.62. The lowest BCUT2D eigenvalue weighted by molar-refractivity contribution is 0.268. The Balaban J connectivity index is 1.65. The van der Waals surface area contributed by atoms with Crippen molar-refractivity contribution in [2.45, 2.75) is 38.1 Å². The summed E-state index contributed by atoms with van der Waals surface area (Å²) < 4.78 is 0.647. The zero-order chi connectivity index (χ0) is 12.4. The molecule has 0 aliphatic carbocycles. The molecule has 98 valence electrons. The molecule has 2 atom stereocenters. The SMILES string of the molecule is N[N+]1(CCC2CCCCN2)CCc2ccccc21. The second-order valence-corrected chi connectivity index (χ2v) is 5.80. The molecule has 3 nitrogen and oxygen atoms in total. The smallest absolute Gasteiger partial charge is 0.155 e. The Morgan fingerprint density at radius 3 is 3.00 bits per heavy atom. The van der Waals surface area contributed by atoms with Gasteiger partial charge in [0.2, 0.25) is 0 Å². The van der Waals surface area contributed by atoms with E-state index in [4.69, 9.17) is 5.84 Å². The molecule has 0 spiro atoms. The van der Waals surface area contributed by atoms with Crippen LogP contribution in [-0.4, -0.2) is 25.7 Å². The van der Waals surface area contributed by atoms with Crippen LogP contribution in [0.2, 0.25) is 0 Å². The molecule has 0 bridgehead atoms. The number of quaternary nitrogens is 1. The van der Waals surface area contributed by atoms with Crippen LogP contribution in [0.25, 0.3) is 0 Å². The van der Waals surface area contributed by atoms with Crippen molar-refractivity contribution in [1.29, 1.82) is 0 Å². The first-order valence-corrected chi connectivity index (χ1v) is 7.25. The van der Waals surface area contributed by atoms with Crippen LogP contribution in [0.4, 0.5) is 5.69 Å². The maximum atomic E-state index is 6.60. The third kappa shape index (κ3) is 2.30. The lowest BCUT2D eigenvalue weighted by Gasteiger charge is -2.31. The number of hydrogen-bond donors (Lipinski definition) is 2. The van der Waals surface area contributed by atoms with Gasteiger partial charge in [0, 0.05) is 30.5 Å². The molecule has 2 heterocycles. The van der Waals surface area contributed by atoms with Crippen LogP contribution in [-0.2, 0) is 6.42 Å². The molecule has 3 heteroatoms. The van der Waals surface area contributed by atoms with Gasteiger partial charge in [0.1, 0.15) is 13.1 Å². The van der Waals surface area contributed by atoms with Gasteiger partial charge in [-0.05, 0) is 19.4 Å². The van der Waals surface area contributed by atoms with Crippen molar-refractivity contribution in [3.05, 3.63) is 29.8 Å². The second kappa shape index (κ2) is 5.00. The Kier molecular flexibility index (Phi) is 3.37. The monoisotopic (exact) mass is 246 g/mol. The van der Waals surface area contributed by atoms with Crippen LogP contribution < -0.4 is 15.8 Å². The molecule has 18 heavy (non-hydrogen) atoms. The van der Waals surface area contributed by atoms with Gasteiger partial charge in [0.05, 0.1) is 0 Å². The largest absolute Gasteiger partial charge is 0.314 e. The Bertz CT molecular complexity index is 412. The first kappa shape index (κ1) is 12.2. The van der Waals surface area contributed by atoms with E-state index in [9.17, 15) is 0 Å². The summed E-state index contributed by atoms with van der Waals surface area (Å²) in [7, 11) is 0. The second-order valence-electron chi connectivity index (χ2n) is 5.80. The Labute approximate surface area is 110 Å². The third-order valence-electron chi connectivity index (χ3n) is 4.54. The molecular formula is C15H24N3+. The summed E-state index contributed by atoms with van der Waals surface area (Å²) in [6.07, 6.45) is 6.36. The maximum absolute atomic E-state index is 6.60. The minimum Gasteiger partial charge on any atom is -0.314 e. The Morgan fingerprint density at radius 1 is 1.28 bits per heavy atom. The van der Waals surface area contributed by atoms with Gasteiger partial charge < -0.3 is 5.32 Å². The lowest BCUT2D eigenvalue weighted by Crippen LogP contribution is -2.56. The van der Waals surface area contributed by atoms with Gasteiger partial charge in [-0.25, -0.2) is 4.59 Å². The topological polar surface area (TPSA) is 38.0 Å². The summed E-state index contributed by atoms with van der Waals surface area (Å²) in [5.74, 6) is 6.60. The van der Waals surface area contributed by atoms with Crippen molar-refractivity contribution < 1.29 is 0 Å². The molecule has 0 radical (unpaired) electrons. The molecule has 0 amide bonds. The van der Waals surface area contributed by atoms with Crippen LogP contribution in [0.5, 0.6) is 0 Å². The highest BCUT2D eigenvalue weighted by atomic mass is 15.6. The van der Waals surface area contributed by atoms with E-state index in [2.05, 4.69) is 29.6 Å². The number of rotatable bonds is 3. The molecule has 0 aromatic heterocycles.